The lowest BCUT2D eigenvalue weighted by molar-refractivity contribution is 0.110. The molecule has 1 aliphatic rings. The lowest BCUT2D eigenvalue weighted by atomic mass is 9.96. The first-order valence-corrected chi connectivity index (χ1v) is 4.46. The van der Waals surface area contributed by atoms with Crippen LogP contribution in [0.25, 0.3) is 0 Å². The molecule has 66 valence electrons. The van der Waals surface area contributed by atoms with Crippen LogP contribution in [0.1, 0.15) is 16.7 Å². The first kappa shape index (κ1) is 8.28. The molecule has 0 aliphatic carbocycles. The van der Waals surface area contributed by atoms with E-state index >= 15 is 0 Å². The second kappa shape index (κ2) is 3.59. The van der Waals surface area contributed by atoms with E-state index in [0.717, 1.165) is 18.6 Å². The van der Waals surface area contributed by atoms with Crippen LogP contribution < -0.4 is 0 Å². The number of benzene rings is 1. The van der Waals surface area contributed by atoms with Crippen molar-refractivity contribution in [2.24, 2.45) is 0 Å². The Hall–Kier alpha value is -1.33. The Labute approximate surface area is 77.8 Å². The van der Waals surface area contributed by atoms with E-state index in [-0.39, 0.29) is 0 Å². The molecule has 2 heteroatoms. The summed E-state index contributed by atoms with van der Waals surface area (Å²) in [4.78, 5) is 0. The Kier molecular flexibility index (Phi) is 2.29. The molecule has 0 aromatic heterocycles. The number of hydrogen-bond acceptors (Lipinski definition) is 2. The summed E-state index contributed by atoms with van der Waals surface area (Å²) >= 11 is 0. The van der Waals surface area contributed by atoms with Crippen molar-refractivity contribution >= 4 is 0 Å². The molecule has 0 saturated carbocycles. The van der Waals surface area contributed by atoms with Crippen molar-refractivity contribution in [2.45, 2.75) is 19.4 Å². The van der Waals surface area contributed by atoms with Gasteiger partial charge in [0.2, 0.25) is 0 Å². The van der Waals surface area contributed by atoms with Gasteiger partial charge in [-0.05, 0) is 23.1 Å². The molecular formula is C11H11NO. The topological polar surface area (TPSA) is 33.0 Å². The Bertz CT molecular complexity index is 352. The van der Waals surface area contributed by atoms with E-state index in [1.807, 2.05) is 12.1 Å². The summed E-state index contributed by atoms with van der Waals surface area (Å²) in [7, 11) is 0. The zero-order valence-electron chi connectivity index (χ0n) is 7.42. The predicted molar refractivity (Wildman–Crippen MR) is 49.1 cm³/mol. The number of fused-ring (bicyclic) bond motifs is 1. The number of rotatable bonds is 1. The van der Waals surface area contributed by atoms with Crippen LogP contribution in [0.5, 0.6) is 0 Å². The van der Waals surface area contributed by atoms with Gasteiger partial charge in [0, 0.05) is 0 Å². The lowest BCUT2D eigenvalue weighted by Gasteiger charge is -2.18. The van der Waals surface area contributed by atoms with Crippen molar-refractivity contribution in [2.75, 3.05) is 6.61 Å². The summed E-state index contributed by atoms with van der Waals surface area (Å²) < 4.78 is 5.37. The molecule has 0 atom stereocenters. The molecule has 1 aromatic carbocycles. The molecule has 0 saturated heterocycles. The molecule has 0 amide bonds. The van der Waals surface area contributed by atoms with Crippen LogP contribution in [0, 0.1) is 11.3 Å². The molecule has 13 heavy (non-hydrogen) atoms. The smallest absolute Gasteiger partial charge is 0.0722 e. The first-order chi connectivity index (χ1) is 6.42. The van der Waals surface area contributed by atoms with Crippen LogP contribution >= 0.6 is 0 Å². The zero-order valence-corrected chi connectivity index (χ0v) is 7.42. The summed E-state index contributed by atoms with van der Waals surface area (Å²) in [6.45, 7) is 1.48. The molecule has 0 spiro atoms. The maximum absolute atomic E-state index is 8.63. The van der Waals surface area contributed by atoms with Crippen molar-refractivity contribution in [1.82, 2.24) is 0 Å². The standard InChI is InChI=1S/C11H11NO/c12-6-4-9-2-1-3-10-5-7-13-8-11(9)10/h1-3H,4-5,7-8H2. The van der Waals surface area contributed by atoms with E-state index in [2.05, 4.69) is 12.1 Å². The van der Waals surface area contributed by atoms with E-state index in [1.54, 1.807) is 0 Å². The minimum atomic E-state index is 0.493. The molecule has 2 rings (SSSR count). The molecule has 0 bridgehead atoms. The van der Waals surface area contributed by atoms with Crippen molar-refractivity contribution in [3.63, 3.8) is 0 Å². The monoisotopic (exact) mass is 173 g/mol. The summed E-state index contributed by atoms with van der Waals surface area (Å²) in [5, 5.41) is 8.63. The predicted octanol–water partition coefficient (Wildman–Crippen LogP) is 1.83. The van der Waals surface area contributed by atoms with Gasteiger partial charge < -0.3 is 4.74 Å². The maximum atomic E-state index is 8.63. The van der Waals surface area contributed by atoms with Crippen molar-refractivity contribution < 1.29 is 4.74 Å². The molecular weight excluding hydrogens is 162 g/mol. The lowest BCUT2D eigenvalue weighted by Crippen LogP contribution is -2.11. The Morgan fingerprint density at radius 2 is 2.38 bits per heavy atom. The number of nitriles is 1. The van der Waals surface area contributed by atoms with Gasteiger partial charge in [-0.2, -0.15) is 5.26 Å². The van der Waals surface area contributed by atoms with Gasteiger partial charge in [0.05, 0.1) is 25.7 Å². The highest BCUT2D eigenvalue weighted by atomic mass is 16.5. The molecule has 0 radical (unpaired) electrons. The van der Waals surface area contributed by atoms with Crippen LogP contribution in [0.15, 0.2) is 18.2 Å². The van der Waals surface area contributed by atoms with Gasteiger partial charge in [-0.15, -0.1) is 0 Å². The summed E-state index contributed by atoms with van der Waals surface area (Å²) in [5.74, 6) is 0. The minimum absolute atomic E-state index is 0.493. The zero-order chi connectivity index (χ0) is 9.10. The molecule has 1 aliphatic heterocycles. The van der Waals surface area contributed by atoms with E-state index in [4.69, 9.17) is 10.00 Å². The third-order valence-corrected chi connectivity index (χ3v) is 2.40. The average Bonchev–Trinajstić information content (AvgIpc) is 2.19. The second-order valence-corrected chi connectivity index (χ2v) is 3.19. The molecule has 1 aromatic rings. The fourth-order valence-electron chi connectivity index (χ4n) is 1.71. The first-order valence-electron chi connectivity index (χ1n) is 4.46. The summed E-state index contributed by atoms with van der Waals surface area (Å²) in [6.07, 6.45) is 1.47. The van der Waals surface area contributed by atoms with Gasteiger partial charge in [-0.1, -0.05) is 18.2 Å². The van der Waals surface area contributed by atoms with Crippen molar-refractivity contribution in [3.8, 4) is 6.07 Å². The highest BCUT2D eigenvalue weighted by Crippen LogP contribution is 2.20. The van der Waals surface area contributed by atoms with Crippen molar-refractivity contribution in [1.29, 1.82) is 5.26 Å². The van der Waals surface area contributed by atoms with Crippen molar-refractivity contribution in [3.05, 3.63) is 34.9 Å². The van der Waals surface area contributed by atoms with Crippen LogP contribution in [0.3, 0.4) is 0 Å². The van der Waals surface area contributed by atoms with Crippen LogP contribution in [0.2, 0.25) is 0 Å². The van der Waals surface area contributed by atoms with Gasteiger partial charge in [-0.3, -0.25) is 0 Å². The third kappa shape index (κ3) is 1.56. The molecule has 0 N–H and O–H groups in total. The van der Waals surface area contributed by atoms with Crippen LogP contribution in [-0.4, -0.2) is 6.61 Å². The quantitative estimate of drug-likeness (QED) is 0.649. The molecule has 2 nitrogen and oxygen atoms in total. The normalized spacial score (nSPS) is 14.7. The van der Waals surface area contributed by atoms with Gasteiger partial charge in [0.15, 0.2) is 0 Å². The van der Waals surface area contributed by atoms with Crippen LogP contribution in [0.4, 0.5) is 0 Å². The molecule has 0 fully saturated rings. The number of ether oxygens (including phenoxy) is 1. The Balaban J connectivity index is 2.41. The fraction of sp³-hybridized carbons (Fsp3) is 0.364. The Morgan fingerprint density at radius 1 is 1.46 bits per heavy atom. The average molecular weight is 173 g/mol. The van der Waals surface area contributed by atoms with Gasteiger partial charge in [0.1, 0.15) is 0 Å². The van der Waals surface area contributed by atoms with E-state index in [1.165, 1.54) is 11.1 Å². The van der Waals surface area contributed by atoms with Crippen LogP contribution in [-0.2, 0) is 24.2 Å². The molecule has 0 unspecified atom stereocenters. The summed E-state index contributed by atoms with van der Waals surface area (Å²) in [5.41, 5.74) is 3.70. The number of hydrogen-bond donors (Lipinski definition) is 0. The van der Waals surface area contributed by atoms with Gasteiger partial charge in [0.25, 0.3) is 0 Å². The molecule has 1 heterocycles. The number of nitrogens with zero attached hydrogens (tertiary/aromatic N) is 1. The van der Waals surface area contributed by atoms with E-state index < -0.39 is 0 Å². The third-order valence-electron chi connectivity index (χ3n) is 2.40. The minimum Gasteiger partial charge on any atom is -0.376 e. The second-order valence-electron chi connectivity index (χ2n) is 3.19. The highest BCUT2D eigenvalue weighted by molar-refractivity contribution is 5.37. The fourth-order valence-corrected chi connectivity index (χ4v) is 1.71. The van der Waals surface area contributed by atoms with Gasteiger partial charge in [-0.25, -0.2) is 0 Å². The van der Waals surface area contributed by atoms with Gasteiger partial charge >= 0.3 is 0 Å². The Morgan fingerprint density at radius 3 is 3.23 bits per heavy atom. The van der Waals surface area contributed by atoms with E-state index in [0.29, 0.717) is 13.0 Å². The maximum Gasteiger partial charge on any atom is 0.0722 e. The highest BCUT2D eigenvalue weighted by Gasteiger charge is 2.12. The van der Waals surface area contributed by atoms with E-state index in [9.17, 15) is 0 Å². The SMILES string of the molecule is N#CCc1cccc2c1COCC2. The largest absolute Gasteiger partial charge is 0.376 e. The summed E-state index contributed by atoms with van der Waals surface area (Å²) in [6, 6.07) is 8.34.